The van der Waals surface area contributed by atoms with E-state index >= 15 is 0 Å². The lowest BCUT2D eigenvalue weighted by molar-refractivity contribution is 0.801. The molecule has 13 aromatic carbocycles. The highest BCUT2D eigenvalue weighted by Gasteiger charge is 2.52. The zero-order chi connectivity index (χ0) is 69.1. The van der Waals surface area contributed by atoms with Crippen LogP contribution in [0.5, 0.6) is 0 Å². The molecule has 0 fully saturated rings. The van der Waals surface area contributed by atoms with Gasteiger partial charge in [0.2, 0.25) is 0 Å². The van der Waals surface area contributed by atoms with Crippen molar-refractivity contribution >= 4 is 75.4 Å². The van der Waals surface area contributed by atoms with Crippen molar-refractivity contribution in [3.63, 3.8) is 0 Å². The van der Waals surface area contributed by atoms with Gasteiger partial charge in [0.1, 0.15) is 0 Å². The maximum atomic E-state index is 10.8. The number of fused-ring (bicyclic) bond motifs is 12. The summed E-state index contributed by atoms with van der Waals surface area (Å²) >= 11 is 0. The quantitative estimate of drug-likeness (QED) is 0.153. The van der Waals surface area contributed by atoms with E-state index in [0.29, 0.717) is 0 Å². The summed E-state index contributed by atoms with van der Waals surface area (Å²) in [6, 6.07) is -32.0. The van der Waals surface area contributed by atoms with Gasteiger partial charge in [0.15, 0.2) is 0 Å². The summed E-state index contributed by atoms with van der Waals surface area (Å²) < 4.78 is 323. The Morgan fingerprint density at radius 3 is 1.26 bits per heavy atom. The highest BCUT2D eigenvalue weighted by Crippen LogP contribution is 2.64. The van der Waals surface area contributed by atoms with Crippen LogP contribution >= 0.6 is 0 Å². The Morgan fingerprint density at radius 1 is 0.262 bits per heavy atom. The molecule has 13 aromatic rings. The number of benzene rings is 13. The fraction of sp³-hybridized carbons (Fsp3) is 0.0164. The van der Waals surface area contributed by atoms with Gasteiger partial charge in [-0.25, -0.2) is 0 Å². The van der Waals surface area contributed by atoms with E-state index in [1.54, 1.807) is 0 Å². The molecule has 0 aliphatic heterocycles. The summed E-state index contributed by atoms with van der Waals surface area (Å²) in [5, 5.41) is -7.33. The molecule has 2 aliphatic rings. The van der Waals surface area contributed by atoms with Crippen LogP contribution in [-0.2, 0) is 5.41 Å². The van der Waals surface area contributed by atoms with Crippen molar-refractivity contribution in [3.8, 4) is 44.5 Å². The van der Waals surface area contributed by atoms with E-state index in [-0.39, 0.29) is 16.2 Å². The third kappa shape index (κ3) is 3.92. The van der Waals surface area contributed by atoms with Crippen molar-refractivity contribution in [3.05, 3.63) is 228 Å². The van der Waals surface area contributed by atoms with Crippen molar-refractivity contribution in [2.45, 2.75) is 5.41 Å². The van der Waals surface area contributed by atoms with Gasteiger partial charge >= 0.3 is 0 Å². The molecule has 15 rings (SSSR count). The molecule has 0 N–H and O–H groups in total. The molecule has 0 amide bonds. The molecule has 0 heterocycles. The fourth-order valence-corrected chi connectivity index (χ4v) is 9.50. The highest BCUT2D eigenvalue weighted by molar-refractivity contribution is 6.27. The van der Waals surface area contributed by atoms with Crippen molar-refractivity contribution in [1.29, 1.82) is 0 Å². The number of rotatable bonds is 2. The summed E-state index contributed by atoms with van der Waals surface area (Å²) in [6.07, 6.45) is 0. The largest absolute Gasteiger partial charge is 0.0731 e. The summed E-state index contributed by atoms with van der Waals surface area (Å²) in [6.45, 7) is 0. The molecular weight excluding hydrogens is 733 g/mol. The first kappa shape index (κ1) is 14.2. The second-order valence-corrected chi connectivity index (χ2v) is 14.8. The van der Waals surface area contributed by atoms with Crippen LogP contribution in [0.2, 0.25) is 0 Å². The highest BCUT2D eigenvalue weighted by atomic mass is 14.5. The molecule has 0 atom stereocenters. The van der Waals surface area contributed by atoms with Gasteiger partial charge in [0, 0.05) is 0 Å². The Labute approximate surface area is 400 Å². The SMILES string of the molecule is [2H]c1c([2H])c([2H])c2c(c1[2H])-c1c([2H])c([2H])c([2H])c([2H])c1C21c2c([2H])c(-c3c([2H])c([2H])c4c([2H])c([2H])c5c([2H])c([2H])c([2H])c6c([2H])c([2H])c3c4c56)c([2H])c([2H])c2-c2c([2H])c([2H])c3c([2H])c(-c4c([2H])c([2H])c5c([2H])c([2H])c6c([2H])c([2H])c([2H])c7c([2H])c([2H])c4c5c67)c([2H])c([2H])c3c21. The zero-order valence-corrected chi connectivity index (χ0v) is 30.5. The van der Waals surface area contributed by atoms with Gasteiger partial charge in [-0.15, -0.1) is 0 Å². The van der Waals surface area contributed by atoms with Crippen LogP contribution in [-0.4, -0.2) is 0 Å². The Kier molecular flexibility index (Phi) is 2.61. The van der Waals surface area contributed by atoms with Gasteiger partial charge in [0.05, 0.1) is 52.0 Å². The van der Waals surface area contributed by atoms with E-state index in [0.717, 1.165) is 0 Å². The molecule has 0 saturated carbocycles. The van der Waals surface area contributed by atoms with Crippen LogP contribution in [0, 0.1) is 0 Å². The molecule has 278 valence electrons. The standard InChI is InChI=1S/C61H34/c1-3-13-53-47(11-1)48-12-2-4-14-54(48)61(53)55-34-43(45-27-20-40-18-16-36-8-6-10-38-22-31-51(45)59(40)57(36)38)24-29-49(55)52-32-25-42-33-41(23-28-46(42)60(52)61)44-26-19-39-17-15-35-7-5-9-37-21-30-50(44)58(39)56(35)37/h1-34H/i1D,2D,3D,4D,5D,6D,7D,8D,9D,10D,11D,12D,13D,14D,15D,16D,17D,18D,19D,20D,21D,22D,23D,24D,25D,26D,27D,28D,29D,30D,31D,32D,33D,34D. The second kappa shape index (κ2) is 11.3. The third-order valence-corrected chi connectivity index (χ3v) is 11.9. The average molecular weight is 801 g/mol. The molecule has 0 radical (unpaired) electrons. The van der Waals surface area contributed by atoms with Gasteiger partial charge in [-0.1, -0.05) is 193 Å². The molecule has 1 spiro atoms. The van der Waals surface area contributed by atoms with Crippen LogP contribution in [0.25, 0.3) is 120 Å². The monoisotopic (exact) mass is 800 g/mol. The minimum atomic E-state index is -3.11. The first-order chi connectivity index (χ1) is 44.5. The first-order valence-electron chi connectivity index (χ1n) is 35.8. The Balaban J connectivity index is 1.19. The molecule has 0 heteroatoms. The summed E-state index contributed by atoms with van der Waals surface area (Å²) in [5.74, 6) is 0. The fourth-order valence-electron chi connectivity index (χ4n) is 9.50. The molecule has 61 heavy (non-hydrogen) atoms. The lowest BCUT2D eigenvalue weighted by Crippen LogP contribution is -2.26. The molecule has 0 aromatic heterocycles. The predicted octanol–water partition coefficient (Wildman–Crippen LogP) is 16.3. The predicted molar refractivity (Wildman–Crippen MR) is 259 cm³/mol. The van der Waals surface area contributed by atoms with Crippen molar-refractivity contribution in [2.24, 2.45) is 0 Å². The Hall–Kier alpha value is -7.80. The first-order valence-corrected chi connectivity index (χ1v) is 18.8. The normalized spacial score (nSPS) is 21.5. The Bertz CT molecular complexity index is 5950. The summed E-state index contributed by atoms with van der Waals surface area (Å²) in [5.41, 5.74) is -12.4. The van der Waals surface area contributed by atoms with Crippen molar-refractivity contribution < 1.29 is 46.6 Å². The van der Waals surface area contributed by atoms with E-state index in [2.05, 4.69) is 0 Å². The molecule has 0 saturated heterocycles. The zero-order valence-electron chi connectivity index (χ0n) is 64.5. The summed E-state index contributed by atoms with van der Waals surface area (Å²) in [4.78, 5) is 0. The van der Waals surface area contributed by atoms with Crippen LogP contribution in [0.4, 0.5) is 0 Å². The second-order valence-electron chi connectivity index (χ2n) is 14.8. The topological polar surface area (TPSA) is 0 Å². The third-order valence-electron chi connectivity index (χ3n) is 11.9. The van der Waals surface area contributed by atoms with E-state index < -0.39 is 337 Å². The Morgan fingerprint density at radius 2 is 0.672 bits per heavy atom. The maximum absolute atomic E-state index is 10.8. The van der Waals surface area contributed by atoms with Gasteiger partial charge in [-0.3, -0.25) is 0 Å². The number of hydrogen-bond acceptors (Lipinski definition) is 0. The van der Waals surface area contributed by atoms with Crippen LogP contribution in [0.1, 0.15) is 68.9 Å². The molecule has 0 nitrogen and oxygen atoms in total. The lowest BCUT2D eigenvalue weighted by atomic mass is 9.69. The molecular formula is C61H34. The van der Waals surface area contributed by atoms with Gasteiger partial charge in [0.25, 0.3) is 0 Å². The minimum Gasteiger partial charge on any atom is -0.0619 e. The smallest absolute Gasteiger partial charge is 0.0619 e. The van der Waals surface area contributed by atoms with Gasteiger partial charge < -0.3 is 0 Å². The van der Waals surface area contributed by atoms with Crippen LogP contribution < -0.4 is 0 Å². The van der Waals surface area contributed by atoms with Crippen LogP contribution in [0.15, 0.2) is 205 Å². The maximum Gasteiger partial charge on any atom is 0.0731 e. The minimum absolute atomic E-state index is 0.333. The van der Waals surface area contributed by atoms with Crippen molar-refractivity contribution in [2.75, 3.05) is 0 Å². The molecule has 0 unspecified atom stereocenters. The van der Waals surface area contributed by atoms with Gasteiger partial charge in [-0.05, 0) is 154 Å². The lowest BCUT2D eigenvalue weighted by Gasteiger charge is -2.32. The van der Waals surface area contributed by atoms with Crippen LogP contribution in [0.3, 0.4) is 0 Å². The van der Waals surface area contributed by atoms with Gasteiger partial charge in [-0.2, -0.15) is 0 Å². The summed E-state index contributed by atoms with van der Waals surface area (Å²) in [7, 11) is 0. The van der Waals surface area contributed by atoms with E-state index in [9.17, 15) is 31.5 Å². The molecule has 2 aliphatic carbocycles. The average Bonchev–Trinajstić information content (AvgIpc) is 1.50. The van der Waals surface area contributed by atoms with E-state index in [1.807, 2.05) is 0 Å². The van der Waals surface area contributed by atoms with E-state index in [1.165, 1.54) is 0 Å². The van der Waals surface area contributed by atoms with E-state index in [4.69, 9.17) is 15.1 Å². The van der Waals surface area contributed by atoms with Crippen molar-refractivity contribution in [1.82, 2.24) is 0 Å². The number of hydrogen-bond donors (Lipinski definition) is 0. The molecule has 0 bridgehead atoms.